The molecule has 0 spiro atoms. The Morgan fingerprint density at radius 3 is 2.50 bits per heavy atom. The third-order valence-electron chi connectivity index (χ3n) is 2.93. The monoisotopic (exact) mass is 258 g/mol. The van der Waals surface area contributed by atoms with Crippen LogP contribution in [0.4, 0.5) is 0 Å². The molecule has 104 valence electrons. The van der Waals surface area contributed by atoms with Gasteiger partial charge >= 0.3 is 5.97 Å². The molecule has 1 saturated heterocycles. The molecule has 1 unspecified atom stereocenters. The van der Waals surface area contributed by atoms with Crippen molar-refractivity contribution in [1.82, 2.24) is 0 Å². The molecule has 1 atom stereocenters. The van der Waals surface area contributed by atoms with Gasteiger partial charge in [-0.05, 0) is 26.2 Å². The number of Topliss-reactive ketones (excluding diaryl/α,β-unsaturated/α-hetero) is 1. The van der Waals surface area contributed by atoms with Gasteiger partial charge in [0.05, 0.1) is 19.8 Å². The molecule has 0 aromatic heterocycles. The highest BCUT2D eigenvalue weighted by Gasteiger charge is 2.26. The topological polar surface area (TPSA) is 61.8 Å². The SMILES string of the molecule is CCOC(=O)C(CCCC1OCCO1)C(=O)CC. The molecule has 18 heavy (non-hydrogen) atoms. The van der Waals surface area contributed by atoms with E-state index in [4.69, 9.17) is 14.2 Å². The third-order valence-corrected chi connectivity index (χ3v) is 2.93. The number of carbonyl (C=O) groups is 2. The van der Waals surface area contributed by atoms with E-state index in [9.17, 15) is 9.59 Å². The fraction of sp³-hybridized carbons (Fsp3) is 0.846. The van der Waals surface area contributed by atoms with Gasteiger partial charge in [0, 0.05) is 6.42 Å². The quantitative estimate of drug-likeness (QED) is 0.489. The van der Waals surface area contributed by atoms with Crippen LogP contribution in [0.3, 0.4) is 0 Å². The minimum absolute atomic E-state index is 0.0540. The first kappa shape index (κ1) is 15.1. The molecule has 0 bridgehead atoms. The number of ketones is 1. The molecule has 0 aliphatic carbocycles. The Kier molecular flexibility index (Phi) is 6.90. The van der Waals surface area contributed by atoms with Crippen molar-refractivity contribution < 1.29 is 23.8 Å². The van der Waals surface area contributed by atoms with Crippen LogP contribution in [0.15, 0.2) is 0 Å². The van der Waals surface area contributed by atoms with Gasteiger partial charge in [-0.2, -0.15) is 0 Å². The molecule has 0 saturated carbocycles. The summed E-state index contributed by atoms with van der Waals surface area (Å²) < 4.78 is 15.5. The molecule has 5 nitrogen and oxygen atoms in total. The van der Waals surface area contributed by atoms with E-state index in [2.05, 4.69) is 0 Å². The lowest BCUT2D eigenvalue weighted by atomic mass is 9.95. The van der Waals surface area contributed by atoms with E-state index < -0.39 is 11.9 Å². The predicted molar refractivity (Wildman–Crippen MR) is 65.0 cm³/mol. The van der Waals surface area contributed by atoms with Gasteiger partial charge in [0.2, 0.25) is 0 Å². The van der Waals surface area contributed by atoms with E-state index in [-0.39, 0.29) is 12.1 Å². The summed E-state index contributed by atoms with van der Waals surface area (Å²) in [5.41, 5.74) is 0. The Balaban J connectivity index is 2.35. The summed E-state index contributed by atoms with van der Waals surface area (Å²) in [6, 6.07) is 0. The van der Waals surface area contributed by atoms with Crippen molar-refractivity contribution in [3.05, 3.63) is 0 Å². The molecule has 1 rings (SSSR count). The number of carbonyl (C=O) groups excluding carboxylic acids is 2. The maximum Gasteiger partial charge on any atom is 0.316 e. The number of hydrogen-bond acceptors (Lipinski definition) is 5. The summed E-state index contributed by atoms with van der Waals surface area (Å²) >= 11 is 0. The van der Waals surface area contributed by atoms with Crippen LogP contribution in [0.5, 0.6) is 0 Å². The van der Waals surface area contributed by atoms with E-state index >= 15 is 0 Å². The second-order valence-electron chi connectivity index (χ2n) is 4.23. The molecular formula is C13H22O5. The zero-order valence-corrected chi connectivity index (χ0v) is 11.1. The normalized spacial score (nSPS) is 17.7. The van der Waals surface area contributed by atoms with Gasteiger partial charge in [-0.25, -0.2) is 0 Å². The smallest absolute Gasteiger partial charge is 0.316 e. The van der Waals surface area contributed by atoms with Crippen LogP contribution >= 0.6 is 0 Å². The van der Waals surface area contributed by atoms with Crippen LogP contribution in [0, 0.1) is 5.92 Å². The summed E-state index contributed by atoms with van der Waals surface area (Å²) in [7, 11) is 0. The van der Waals surface area contributed by atoms with Crippen molar-refractivity contribution in [3.63, 3.8) is 0 Å². The average Bonchev–Trinajstić information content (AvgIpc) is 2.87. The fourth-order valence-corrected chi connectivity index (χ4v) is 1.96. The first-order valence-electron chi connectivity index (χ1n) is 6.61. The lowest BCUT2D eigenvalue weighted by Gasteiger charge is -2.14. The number of esters is 1. The zero-order valence-electron chi connectivity index (χ0n) is 11.1. The van der Waals surface area contributed by atoms with Crippen LogP contribution in [0.2, 0.25) is 0 Å². The van der Waals surface area contributed by atoms with Crippen molar-refractivity contribution in [1.29, 1.82) is 0 Å². The van der Waals surface area contributed by atoms with Crippen LogP contribution in [-0.4, -0.2) is 37.9 Å². The Morgan fingerprint density at radius 2 is 1.94 bits per heavy atom. The van der Waals surface area contributed by atoms with Crippen molar-refractivity contribution in [2.45, 2.75) is 45.8 Å². The van der Waals surface area contributed by atoms with E-state index in [1.165, 1.54) is 0 Å². The molecular weight excluding hydrogens is 236 g/mol. The molecule has 1 aliphatic rings. The third kappa shape index (κ3) is 4.74. The minimum Gasteiger partial charge on any atom is -0.465 e. The minimum atomic E-state index is -0.628. The molecule has 1 fully saturated rings. The van der Waals surface area contributed by atoms with Crippen molar-refractivity contribution >= 4 is 11.8 Å². The second kappa shape index (κ2) is 8.21. The summed E-state index contributed by atoms with van der Waals surface area (Å²) in [5.74, 6) is -1.09. The fourth-order valence-electron chi connectivity index (χ4n) is 1.96. The molecule has 0 radical (unpaired) electrons. The molecule has 5 heteroatoms. The van der Waals surface area contributed by atoms with E-state index in [1.807, 2.05) is 0 Å². The maximum atomic E-state index is 11.7. The molecule has 0 aromatic carbocycles. The van der Waals surface area contributed by atoms with Crippen LogP contribution in [0.25, 0.3) is 0 Å². The number of rotatable bonds is 8. The van der Waals surface area contributed by atoms with Crippen LogP contribution < -0.4 is 0 Å². The summed E-state index contributed by atoms with van der Waals surface area (Å²) in [6.45, 7) is 5.06. The van der Waals surface area contributed by atoms with Gasteiger partial charge in [-0.3, -0.25) is 9.59 Å². The number of hydrogen-bond donors (Lipinski definition) is 0. The van der Waals surface area contributed by atoms with Crippen molar-refractivity contribution in [2.24, 2.45) is 5.92 Å². The van der Waals surface area contributed by atoms with Crippen LogP contribution in [-0.2, 0) is 23.8 Å². The second-order valence-corrected chi connectivity index (χ2v) is 4.23. The van der Waals surface area contributed by atoms with Crippen LogP contribution in [0.1, 0.15) is 39.5 Å². The lowest BCUT2D eigenvalue weighted by molar-refractivity contribution is -0.152. The molecule has 1 aliphatic heterocycles. The Hall–Kier alpha value is -0.940. The van der Waals surface area contributed by atoms with Gasteiger partial charge in [-0.1, -0.05) is 6.92 Å². The standard InChI is InChI=1S/C13H22O5/c1-3-11(14)10(13(15)16-4-2)6-5-7-12-17-8-9-18-12/h10,12H,3-9H2,1-2H3. The predicted octanol–water partition coefficient (Wildman–Crippen LogP) is 1.69. The number of ether oxygens (including phenoxy) is 3. The Labute approximate surface area is 108 Å². The highest BCUT2D eigenvalue weighted by Crippen LogP contribution is 2.18. The average molecular weight is 258 g/mol. The van der Waals surface area contributed by atoms with Crippen molar-refractivity contribution in [3.8, 4) is 0 Å². The maximum absolute atomic E-state index is 11.7. The zero-order chi connectivity index (χ0) is 13.4. The molecule has 1 heterocycles. The lowest BCUT2D eigenvalue weighted by Crippen LogP contribution is -2.26. The first-order valence-corrected chi connectivity index (χ1v) is 6.61. The molecule has 0 aromatic rings. The highest BCUT2D eigenvalue weighted by atomic mass is 16.7. The van der Waals surface area contributed by atoms with Gasteiger partial charge in [-0.15, -0.1) is 0 Å². The van der Waals surface area contributed by atoms with Gasteiger partial charge in [0.25, 0.3) is 0 Å². The molecule has 0 amide bonds. The van der Waals surface area contributed by atoms with Gasteiger partial charge in [0.15, 0.2) is 6.29 Å². The van der Waals surface area contributed by atoms with Gasteiger partial charge in [0.1, 0.15) is 11.7 Å². The Morgan fingerprint density at radius 1 is 1.28 bits per heavy atom. The Bertz CT molecular complexity index is 271. The van der Waals surface area contributed by atoms with E-state index in [0.717, 1.165) is 6.42 Å². The summed E-state index contributed by atoms with van der Waals surface area (Å²) in [5, 5.41) is 0. The van der Waals surface area contributed by atoms with E-state index in [1.54, 1.807) is 13.8 Å². The first-order chi connectivity index (χ1) is 8.69. The summed E-state index contributed by atoms with van der Waals surface area (Å²) in [4.78, 5) is 23.4. The molecule has 0 N–H and O–H groups in total. The van der Waals surface area contributed by atoms with Crippen molar-refractivity contribution in [2.75, 3.05) is 19.8 Å². The van der Waals surface area contributed by atoms with Gasteiger partial charge < -0.3 is 14.2 Å². The largest absolute Gasteiger partial charge is 0.465 e. The summed E-state index contributed by atoms with van der Waals surface area (Å²) in [6.07, 6.45) is 2.13. The highest BCUT2D eigenvalue weighted by molar-refractivity contribution is 5.98. The van der Waals surface area contributed by atoms with E-state index in [0.29, 0.717) is 39.1 Å².